The van der Waals surface area contributed by atoms with Gasteiger partial charge in [0.1, 0.15) is 5.75 Å². The Labute approximate surface area is 171 Å². The number of ether oxygens (including phenoxy) is 3. The third-order valence-corrected chi connectivity index (χ3v) is 4.54. The first-order valence-corrected chi connectivity index (χ1v) is 8.88. The van der Waals surface area contributed by atoms with Gasteiger partial charge in [-0.05, 0) is 47.5 Å². The molecule has 1 N–H and O–H groups in total. The summed E-state index contributed by atoms with van der Waals surface area (Å²) < 4.78 is 55.6. The van der Waals surface area contributed by atoms with Gasteiger partial charge in [-0.3, -0.25) is 4.79 Å². The number of aromatic hydroxyl groups is 1. The van der Waals surface area contributed by atoms with Crippen LogP contribution in [0, 0.1) is 0 Å². The molecule has 0 spiro atoms. The molecule has 30 heavy (non-hydrogen) atoms. The molecule has 0 unspecified atom stereocenters. The van der Waals surface area contributed by atoms with Crippen LogP contribution in [0.4, 0.5) is 13.2 Å². The lowest BCUT2D eigenvalue weighted by Gasteiger charge is -2.19. The van der Waals surface area contributed by atoms with E-state index in [1.54, 1.807) is 12.1 Å². The molecule has 5 nitrogen and oxygen atoms in total. The Morgan fingerprint density at radius 2 is 1.70 bits per heavy atom. The molecule has 0 saturated carbocycles. The minimum absolute atomic E-state index is 0.0116. The van der Waals surface area contributed by atoms with Gasteiger partial charge in [-0.15, -0.1) is 0 Å². The maximum Gasteiger partial charge on any atom is 0.417 e. The zero-order chi connectivity index (χ0) is 21.9. The lowest BCUT2D eigenvalue weighted by molar-refractivity contribution is -0.137. The highest BCUT2D eigenvalue weighted by Crippen LogP contribution is 2.36. The Kier molecular flexibility index (Phi) is 6.17. The predicted octanol–water partition coefficient (Wildman–Crippen LogP) is 4.49. The van der Waals surface area contributed by atoms with Gasteiger partial charge in [0.25, 0.3) is 0 Å². The number of hydrogen-bond donors (Lipinski definition) is 1. The summed E-state index contributed by atoms with van der Waals surface area (Å²) in [6.45, 7) is -0.0922. The van der Waals surface area contributed by atoms with Gasteiger partial charge in [-0.2, -0.15) is 13.2 Å². The van der Waals surface area contributed by atoms with E-state index >= 15 is 0 Å². The summed E-state index contributed by atoms with van der Waals surface area (Å²) >= 11 is 0. The van der Waals surface area contributed by atoms with Gasteiger partial charge < -0.3 is 19.3 Å². The van der Waals surface area contributed by atoms with Crippen molar-refractivity contribution in [3.05, 3.63) is 64.2 Å². The smallest absolute Gasteiger partial charge is 0.417 e. The van der Waals surface area contributed by atoms with Crippen LogP contribution in [0.1, 0.15) is 16.7 Å². The second-order valence-corrected chi connectivity index (χ2v) is 6.54. The van der Waals surface area contributed by atoms with Crippen molar-refractivity contribution in [3.63, 3.8) is 0 Å². The molecule has 1 fully saturated rings. The van der Waals surface area contributed by atoms with Crippen molar-refractivity contribution in [2.24, 2.45) is 0 Å². The third kappa shape index (κ3) is 4.65. The minimum Gasteiger partial charge on any atom is -0.504 e. The lowest BCUT2D eigenvalue weighted by atomic mass is 9.96. The molecule has 2 aromatic carbocycles. The van der Waals surface area contributed by atoms with Crippen LogP contribution in [-0.2, 0) is 15.7 Å². The SMILES string of the molecule is COc1ccc(/C=C2\COC/C(=C\c3ccc(OC)c(O)c3)C2=O)c(C(F)(F)F)c1. The quantitative estimate of drug-likeness (QED) is 0.739. The predicted molar refractivity (Wildman–Crippen MR) is 104 cm³/mol. The van der Waals surface area contributed by atoms with Gasteiger partial charge in [-0.1, -0.05) is 12.1 Å². The Bertz CT molecular complexity index is 1020. The number of benzene rings is 2. The summed E-state index contributed by atoms with van der Waals surface area (Å²) in [5.74, 6) is -0.168. The van der Waals surface area contributed by atoms with Crippen molar-refractivity contribution in [2.75, 3.05) is 27.4 Å². The first-order valence-electron chi connectivity index (χ1n) is 8.88. The number of alkyl halides is 3. The molecule has 0 aromatic heterocycles. The Morgan fingerprint density at radius 1 is 1.00 bits per heavy atom. The monoisotopic (exact) mass is 420 g/mol. The van der Waals surface area contributed by atoms with Crippen molar-refractivity contribution in [1.82, 2.24) is 0 Å². The average molecular weight is 420 g/mol. The fourth-order valence-corrected chi connectivity index (χ4v) is 3.04. The van der Waals surface area contributed by atoms with E-state index in [2.05, 4.69) is 0 Å². The fourth-order valence-electron chi connectivity index (χ4n) is 3.04. The summed E-state index contributed by atoms with van der Waals surface area (Å²) in [4.78, 5) is 12.8. The lowest BCUT2D eigenvalue weighted by Crippen LogP contribution is -2.22. The van der Waals surface area contributed by atoms with Gasteiger partial charge in [0.05, 0.1) is 33.0 Å². The summed E-state index contributed by atoms with van der Waals surface area (Å²) in [6.07, 6.45) is -1.91. The summed E-state index contributed by atoms with van der Waals surface area (Å²) in [5, 5.41) is 9.88. The van der Waals surface area contributed by atoms with Gasteiger partial charge in [0, 0.05) is 11.1 Å². The normalized spacial score (nSPS) is 17.4. The van der Waals surface area contributed by atoms with Crippen molar-refractivity contribution >= 4 is 17.9 Å². The topological polar surface area (TPSA) is 65.0 Å². The molecule has 0 atom stereocenters. The number of ketones is 1. The van der Waals surface area contributed by atoms with E-state index in [1.165, 1.54) is 44.6 Å². The van der Waals surface area contributed by atoms with Crippen LogP contribution in [0.25, 0.3) is 12.2 Å². The molecular weight excluding hydrogens is 401 g/mol. The molecule has 3 rings (SSSR count). The van der Waals surface area contributed by atoms with Crippen molar-refractivity contribution in [3.8, 4) is 17.2 Å². The fraction of sp³-hybridized carbons (Fsp3) is 0.227. The molecule has 1 aliphatic heterocycles. The number of carbonyl (C=O) groups is 1. The first kappa shape index (κ1) is 21.4. The van der Waals surface area contributed by atoms with Crippen molar-refractivity contribution < 1.29 is 37.3 Å². The number of rotatable bonds is 4. The zero-order valence-corrected chi connectivity index (χ0v) is 16.2. The minimum atomic E-state index is -4.61. The van der Waals surface area contributed by atoms with Crippen LogP contribution in [0.5, 0.6) is 17.2 Å². The Hall–Kier alpha value is -3.26. The number of phenols is 1. The second-order valence-electron chi connectivity index (χ2n) is 6.54. The first-order chi connectivity index (χ1) is 14.2. The largest absolute Gasteiger partial charge is 0.504 e. The average Bonchev–Trinajstić information content (AvgIpc) is 2.70. The zero-order valence-electron chi connectivity index (χ0n) is 16.2. The van der Waals surface area contributed by atoms with E-state index in [0.717, 1.165) is 6.07 Å². The molecule has 0 radical (unpaired) electrons. The number of carbonyl (C=O) groups excluding carboxylic acids is 1. The molecule has 2 aromatic rings. The maximum absolute atomic E-state index is 13.4. The Morgan fingerprint density at radius 3 is 2.30 bits per heavy atom. The van der Waals surface area contributed by atoms with Gasteiger partial charge in [0.2, 0.25) is 0 Å². The number of Topliss-reactive ketones (excluding diaryl/α,β-unsaturated/α-hetero) is 1. The van der Waals surface area contributed by atoms with Crippen LogP contribution in [0.15, 0.2) is 47.5 Å². The molecule has 8 heteroatoms. The van der Waals surface area contributed by atoms with Crippen LogP contribution in [0.2, 0.25) is 0 Å². The van der Waals surface area contributed by atoms with E-state index in [9.17, 15) is 23.1 Å². The van der Waals surface area contributed by atoms with Crippen LogP contribution in [-0.4, -0.2) is 38.3 Å². The number of halogens is 3. The number of phenolic OH excluding ortho intramolecular Hbond substituents is 1. The Balaban J connectivity index is 1.96. The van der Waals surface area contributed by atoms with Crippen LogP contribution in [0.3, 0.4) is 0 Å². The highest BCUT2D eigenvalue weighted by molar-refractivity contribution is 6.14. The van der Waals surface area contributed by atoms with E-state index in [1.807, 2.05) is 0 Å². The van der Waals surface area contributed by atoms with Crippen molar-refractivity contribution in [1.29, 1.82) is 0 Å². The molecule has 0 bridgehead atoms. The second kappa shape index (κ2) is 8.62. The van der Waals surface area contributed by atoms with Gasteiger partial charge in [0.15, 0.2) is 17.3 Å². The molecule has 158 valence electrons. The molecule has 1 saturated heterocycles. The van der Waals surface area contributed by atoms with Crippen molar-refractivity contribution in [2.45, 2.75) is 6.18 Å². The molecular formula is C22H19F3O5. The number of methoxy groups -OCH3 is 2. The maximum atomic E-state index is 13.4. The standard InChI is InChI=1S/C22H19F3O5/c1-28-17-5-4-14(18(10-17)22(23,24)25)9-16-12-30-11-15(21(16)27)7-13-3-6-20(29-2)19(26)8-13/h3-10,26H,11-12H2,1-2H3/b15-7+,16-9+. The van der Waals surface area contributed by atoms with Crippen LogP contribution < -0.4 is 9.47 Å². The highest BCUT2D eigenvalue weighted by Gasteiger charge is 2.34. The van der Waals surface area contributed by atoms with E-state index in [0.29, 0.717) is 5.56 Å². The summed E-state index contributed by atoms with van der Waals surface area (Å²) in [5.41, 5.74) is -0.168. The summed E-state index contributed by atoms with van der Waals surface area (Å²) in [6, 6.07) is 8.13. The van der Waals surface area contributed by atoms with E-state index in [4.69, 9.17) is 14.2 Å². The highest BCUT2D eigenvalue weighted by atomic mass is 19.4. The summed E-state index contributed by atoms with van der Waals surface area (Å²) in [7, 11) is 2.69. The number of hydrogen-bond acceptors (Lipinski definition) is 5. The molecule has 1 heterocycles. The molecule has 0 aliphatic carbocycles. The van der Waals surface area contributed by atoms with Gasteiger partial charge >= 0.3 is 6.18 Å². The van der Waals surface area contributed by atoms with E-state index < -0.39 is 17.5 Å². The van der Waals surface area contributed by atoms with Crippen LogP contribution >= 0.6 is 0 Å². The molecule has 0 amide bonds. The van der Waals surface area contributed by atoms with Gasteiger partial charge in [-0.25, -0.2) is 0 Å². The third-order valence-electron chi connectivity index (χ3n) is 4.54. The molecule has 1 aliphatic rings. The van der Waals surface area contributed by atoms with E-state index in [-0.39, 0.29) is 47.2 Å².